The molecule has 2 aromatic heterocycles. The molecule has 3 N–H and O–H groups in total. The van der Waals surface area contributed by atoms with Gasteiger partial charge in [0.15, 0.2) is 0 Å². The summed E-state index contributed by atoms with van der Waals surface area (Å²) in [4.78, 5) is 20.4. The van der Waals surface area contributed by atoms with Gasteiger partial charge in [0.25, 0.3) is 0 Å². The molecule has 2 aromatic carbocycles. The Balaban J connectivity index is 1.62. The molecule has 0 unspecified atom stereocenters. The van der Waals surface area contributed by atoms with Crippen molar-refractivity contribution < 1.29 is 18.7 Å². The number of nitrogens with one attached hydrogen (secondary N) is 1. The molecule has 0 fully saturated rings. The van der Waals surface area contributed by atoms with Crippen molar-refractivity contribution >= 4 is 28.6 Å². The lowest BCUT2D eigenvalue weighted by atomic mass is 10.1. The number of para-hydroxylation sites is 1. The Morgan fingerprint density at radius 2 is 2.00 bits per heavy atom. The van der Waals surface area contributed by atoms with Gasteiger partial charge < -0.3 is 19.8 Å². The molecule has 0 bridgehead atoms. The zero-order valence-electron chi connectivity index (χ0n) is 16.7. The van der Waals surface area contributed by atoms with E-state index in [1.807, 2.05) is 10.8 Å². The summed E-state index contributed by atoms with van der Waals surface area (Å²) in [5, 5.41) is 3.04. The fraction of sp³-hybridized carbons (Fsp3) is 0.136. The van der Waals surface area contributed by atoms with Crippen LogP contribution in [0.1, 0.15) is 0 Å². The van der Waals surface area contributed by atoms with Crippen molar-refractivity contribution in [2.75, 3.05) is 24.8 Å². The van der Waals surface area contributed by atoms with Crippen LogP contribution in [-0.2, 0) is 11.3 Å². The van der Waals surface area contributed by atoms with Gasteiger partial charge in [-0.05, 0) is 29.8 Å². The molecule has 158 valence electrons. The number of methoxy groups -OCH3 is 1. The number of carbonyl (C=O) groups excluding carboxylic acids is 1. The number of amides is 1. The Morgan fingerprint density at radius 1 is 1.19 bits per heavy atom. The number of hydrogen-bond acceptors (Lipinski definition) is 6. The van der Waals surface area contributed by atoms with Crippen LogP contribution in [0.15, 0.2) is 61.1 Å². The minimum atomic E-state index is -0.785. The van der Waals surface area contributed by atoms with E-state index in [1.165, 1.54) is 18.5 Å². The molecule has 0 radical (unpaired) electrons. The number of aromatic nitrogens is 3. The highest BCUT2D eigenvalue weighted by Gasteiger charge is 2.17. The number of fused-ring (bicyclic) bond motifs is 1. The van der Waals surface area contributed by atoms with Crippen molar-refractivity contribution in [3.63, 3.8) is 0 Å². The van der Waals surface area contributed by atoms with Crippen LogP contribution in [0.2, 0.25) is 0 Å². The second-order valence-electron chi connectivity index (χ2n) is 6.71. The number of ether oxygens (including phenoxy) is 2. The van der Waals surface area contributed by atoms with E-state index in [2.05, 4.69) is 15.3 Å². The maximum atomic E-state index is 14.8. The van der Waals surface area contributed by atoms with Gasteiger partial charge in [0.05, 0.1) is 17.7 Å². The normalized spacial score (nSPS) is 10.9. The number of anilines is 2. The molecule has 2 heterocycles. The first kappa shape index (κ1) is 20.3. The topological polar surface area (TPSA) is 104 Å². The van der Waals surface area contributed by atoms with Gasteiger partial charge >= 0.3 is 6.09 Å². The smallest absolute Gasteiger partial charge is 0.410 e. The van der Waals surface area contributed by atoms with Crippen LogP contribution in [0.3, 0.4) is 0 Å². The number of nitrogens with two attached hydrogens (primary N) is 1. The van der Waals surface area contributed by atoms with E-state index in [4.69, 9.17) is 15.2 Å². The number of nitrogen functional groups attached to an aromatic ring is 1. The predicted molar refractivity (Wildman–Crippen MR) is 115 cm³/mol. The van der Waals surface area contributed by atoms with Gasteiger partial charge in [-0.3, -0.25) is 5.32 Å². The van der Waals surface area contributed by atoms with Crippen LogP contribution in [0.5, 0.6) is 5.75 Å². The molecular weight excluding hydrogens is 401 g/mol. The maximum absolute atomic E-state index is 14.8. The number of rotatable bonds is 6. The Morgan fingerprint density at radius 3 is 2.74 bits per heavy atom. The Labute approximate surface area is 177 Å². The third kappa shape index (κ3) is 4.31. The molecular formula is C22H20FN5O3. The standard InChI is InChI=1S/C22H20FN5O3/c1-30-10-9-28-12-16(19-20(24)25-13-26-21(19)28)14-7-8-18(17(23)11-14)27-22(29)31-15-5-3-2-4-6-15/h2-8,11-13H,9-10H2,1H3,(H,27,29)(H2,24,25,26). The molecule has 1 amide bonds. The first-order valence-electron chi connectivity index (χ1n) is 9.49. The van der Waals surface area contributed by atoms with Gasteiger partial charge in [-0.25, -0.2) is 19.2 Å². The summed E-state index contributed by atoms with van der Waals surface area (Å²) < 4.78 is 27.0. The molecule has 4 rings (SSSR count). The van der Waals surface area contributed by atoms with Gasteiger partial charge in [0, 0.05) is 25.4 Å². The van der Waals surface area contributed by atoms with Crippen LogP contribution in [0.4, 0.5) is 20.7 Å². The third-order valence-electron chi connectivity index (χ3n) is 4.69. The lowest BCUT2D eigenvalue weighted by Gasteiger charge is -2.09. The number of halogens is 1. The van der Waals surface area contributed by atoms with Crippen LogP contribution in [0, 0.1) is 5.82 Å². The van der Waals surface area contributed by atoms with E-state index in [-0.39, 0.29) is 5.69 Å². The SMILES string of the molecule is COCCn1cc(-c2ccc(NC(=O)Oc3ccccc3)c(F)c2)c2c(N)ncnc21. The minimum Gasteiger partial charge on any atom is -0.410 e. The van der Waals surface area contributed by atoms with E-state index in [1.54, 1.807) is 43.5 Å². The number of carbonyl (C=O) groups is 1. The van der Waals surface area contributed by atoms with E-state index in [0.717, 1.165) is 0 Å². The van der Waals surface area contributed by atoms with E-state index in [9.17, 15) is 9.18 Å². The van der Waals surface area contributed by atoms with Crippen molar-refractivity contribution in [1.29, 1.82) is 0 Å². The molecule has 9 heteroatoms. The number of hydrogen-bond donors (Lipinski definition) is 2. The molecule has 0 aliphatic rings. The lowest BCUT2D eigenvalue weighted by Crippen LogP contribution is -2.17. The molecule has 8 nitrogen and oxygen atoms in total. The lowest BCUT2D eigenvalue weighted by molar-refractivity contribution is 0.188. The summed E-state index contributed by atoms with van der Waals surface area (Å²) in [6, 6.07) is 13.0. The average Bonchev–Trinajstić information content (AvgIpc) is 3.14. The molecule has 0 atom stereocenters. The Bertz CT molecular complexity index is 1230. The highest BCUT2D eigenvalue weighted by Crippen LogP contribution is 2.34. The largest absolute Gasteiger partial charge is 0.417 e. The van der Waals surface area contributed by atoms with Crippen molar-refractivity contribution in [3.05, 3.63) is 66.9 Å². The Hall–Kier alpha value is -3.98. The van der Waals surface area contributed by atoms with Crippen molar-refractivity contribution in [2.45, 2.75) is 6.54 Å². The predicted octanol–water partition coefficient (Wildman–Crippen LogP) is 4.08. The summed E-state index contributed by atoms with van der Waals surface area (Å²) >= 11 is 0. The third-order valence-corrected chi connectivity index (χ3v) is 4.69. The van der Waals surface area contributed by atoms with Gasteiger partial charge in [0.2, 0.25) is 0 Å². The van der Waals surface area contributed by atoms with Gasteiger partial charge in [0.1, 0.15) is 29.4 Å². The molecule has 0 aliphatic carbocycles. The van der Waals surface area contributed by atoms with Crippen molar-refractivity contribution in [3.8, 4) is 16.9 Å². The second-order valence-corrected chi connectivity index (χ2v) is 6.71. The monoisotopic (exact) mass is 421 g/mol. The molecule has 0 aliphatic heterocycles. The summed E-state index contributed by atoms with van der Waals surface area (Å²) in [5.74, 6) is 0.0392. The summed E-state index contributed by atoms with van der Waals surface area (Å²) in [6.07, 6.45) is 2.43. The zero-order valence-corrected chi connectivity index (χ0v) is 16.7. The van der Waals surface area contributed by atoms with E-state index < -0.39 is 11.9 Å². The van der Waals surface area contributed by atoms with Crippen molar-refractivity contribution in [2.24, 2.45) is 0 Å². The second kappa shape index (κ2) is 8.80. The first-order valence-corrected chi connectivity index (χ1v) is 9.49. The molecule has 4 aromatic rings. The van der Waals surface area contributed by atoms with Gasteiger partial charge in [-0.2, -0.15) is 0 Å². The van der Waals surface area contributed by atoms with Crippen LogP contribution in [0.25, 0.3) is 22.2 Å². The summed E-state index contributed by atoms with van der Waals surface area (Å²) in [7, 11) is 1.61. The van der Waals surface area contributed by atoms with Gasteiger partial charge in [-0.15, -0.1) is 0 Å². The molecule has 0 saturated carbocycles. The highest BCUT2D eigenvalue weighted by molar-refractivity contribution is 6.01. The molecule has 31 heavy (non-hydrogen) atoms. The number of benzene rings is 2. The zero-order chi connectivity index (χ0) is 21.8. The summed E-state index contributed by atoms with van der Waals surface area (Å²) in [6.45, 7) is 1.03. The average molecular weight is 421 g/mol. The van der Waals surface area contributed by atoms with Crippen LogP contribution < -0.4 is 15.8 Å². The van der Waals surface area contributed by atoms with E-state index in [0.29, 0.717) is 46.9 Å². The first-order chi connectivity index (χ1) is 15.1. The Kier molecular flexibility index (Phi) is 5.76. The fourth-order valence-corrected chi connectivity index (χ4v) is 3.24. The molecule has 0 saturated heterocycles. The van der Waals surface area contributed by atoms with E-state index >= 15 is 0 Å². The molecule has 0 spiro atoms. The fourth-order valence-electron chi connectivity index (χ4n) is 3.24. The highest BCUT2D eigenvalue weighted by atomic mass is 19.1. The quantitative estimate of drug-likeness (QED) is 0.486. The van der Waals surface area contributed by atoms with Crippen molar-refractivity contribution in [1.82, 2.24) is 14.5 Å². The van der Waals surface area contributed by atoms with Crippen LogP contribution in [-0.4, -0.2) is 34.3 Å². The summed E-state index contributed by atoms with van der Waals surface area (Å²) in [5.41, 5.74) is 7.96. The van der Waals surface area contributed by atoms with Gasteiger partial charge in [-0.1, -0.05) is 24.3 Å². The maximum Gasteiger partial charge on any atom is 0.417 e. The minimum absolute atomic E-state index is 0.00276. The van der Waals surface area contributed by atoms with Crippen LogP contribution >= 0.6 is 0 Å². The number of nitrogens with zero attached hydrogens (tertiary/aromatic N) is 3.